The van der Waals surface area contributed by atoms with Gasteiger partial charge in [-0.25, -0.2) is 0 Å². The first-order chi connectivity index (χ1) is 13.7. The standard InChI is InChI=1S/C24H15BrO3/c25-17-11-9-16-14-18(12-10-15(16)13-17)27-24(26)23-19-5-1-3-7-21(19)28-22-8-4-2-6-20(22)23/h1-14,23H. The lowest BCUT2D eigenvalue weighted by Gasteiger charge is -2.26. The van der Waals surface area contributed by atoms with E-state index in [9.17, 15) is 4.79 Å². The van der Waals surface area contributed by atoms with Crippen LogP contribution in [0.2, 0.25) is 0 Å². The van der Waals surface area contributed by atoms with Crippen LogP contribution in [0.15, 0.2) is 89.4 Å². The maximum Gasteiger partial charge on any atom is 0.323 e. The molecular weight excluding hydrogens is 416 g/mol. The minimum absolute atomic E-state index is 0.320. The van der Waals surface area contributed by atoms with E-state index < -0.39 is 5.92 Å². The summed E-state index contributed by atoms with van der Waals surface area (Å²) in [6, 6.07) is 26.8. The lowest BCUT2D eigenvalue weighted by atomic mass is 9.88. The maximum absolute atomic E-state index is 13.2. The summed E-state index contributed by atoms with van der Waals surface area (Å²) in [4.78, 5) is 13.2. The Kier molecular flexibility index (Phi) is 4.14. The highest BCUT2D eigenvalue weighted by atomic mass is 79.9. The molecule has 0 N–H and O–H groups in total. The van der Waals surface area contributed by atoms with E-state index in [2.05, 4.69) is 15.9 Å². The van der Waals surface area contributed by atoms with Gasteiger partial charge in [0, 0.05) is 15.6 Å². The molecule has 0 unspecified atom stereocenters. The average Bonchev–Trinajstić information content (AvgIpc) is 2.72. The zero-order valence-corrected chi connectivity index (χ0v) is 16.3. The second-order valence-electron chi connectivity index (χ2n) is 6.69. The zero-order valence-electron chi connectivity index (χ0n) is 14.8. The molecule has 28 heavy (non-hydrogen) atoms. The Morgan fingerprint density at radius 2 is 1.39 bits per heavy atom. The van der Waals surface area contributed by atoms with Gasteiger partial charge in [-0.2, -0.15) is 0 Å². The van der Waals surface area contributed by atoms with E-state index in [1.165, 1.54) is 0 Å². The first kappa shape index (κ1) is 17.0. The molecule has 136 valence electrons. The minimum atomic E-state index is -0.526. The summed E-state index contributed by atoms with van der Waals surface area (Å²) in [5.74, 6) is 1.06. The normalized spacial score (nSPS) is 12.8. The molecule has 1 aliphatic rings. The number of carbonyl (C=O) groups is 1. The largest absolute Gasteiger partial charge is 0.457 e. The molecule has 0 atom stereocenters. The lowest BCUT2D eigenvalue weighted by Crippen LogP contribution is -2.23. The van der Waals surface area contributed by atoms with Gasteiger partial charge in [0.2, 0.25) is 0 Å². The molecule has 1 heterocycles. The van der Waals surface area contributed by atoms with Gasteiger partial charge in [0.25, 0.3) is 0 Å². The fourth-order valence-electron chi connectivity index (χ4n) is 3.60. The summed E-state index contributed by atoms with van der Waals surface area (Å²) in [6.07, 6.45) is 0. The van der Waals surface area contributed by atoms with Crippen LogP contribution in [0.3, 0.4) is 0 Å². The summed E-state index contributed by atoms with van der Waals surface area (Å²) < 4.78 is 12.8. The van der Waals surface area contributed by atoms with Gasteiger partial charge in [-0.1, -0.05) is 64.5 Å². The van der Waals surface area contributed by atoms with Gasteiger partial charge in [0.1, 0.15) is 23.2 Å². The van der Waals surface area contributed by atoms with Crippen LogP contribution in [0.4, 0.5) is 0 Å². The number of halogens is 1. The van der Waals surface area contributed by atoms with Crippen LogP contribution in [0, 0.1) is 0 Å². The Morgan fingerprint density at radius 3 is 2.11 bits per heavy atom. The smallest absolute Gasteiger partial charge is 0.323 e. The fourth-order valence-corrected chi connectivity index (χ4v) is 3.98. The first-order valence-electron chi connectivity index (χ1n) is 8.96. The van der Waals surface area contributed by atoms with E-state index in [4.69, 9.17) is 9.47 Å². The van der Waals surface area contributed by atoms with Crippen molar-refractivity contribution in [2.75, 3.05) is 0 Å². The van der Waals surface area contributed by atoms with E-state index in [1.54, 1.807) is 0 Å². The number of fused-ring (bicyclic) bond motifs is 3. The third-order valence-electron chi connectivity index (χ3n) is 4.91. The number of benzene rings is 4. The van der Waals surface area contributed by atoms with E-state index >= 15 is 0 Å². The maximum atomic E-state index is 13.2. The second-order valence-corrected chi connectivity index (χ2v) is 7.60. The van der Waals surface area contributed by atoms with Crippen LogP contribution in [-0.4, -0.2) is 5.97 Å². The van der Waals surface area contributed by atoms with Gasteiger partial charge >= 0.3 is 5.97 Å². The number of esters is 1. The molecule has 0 radical (unpaired) electrons. The zero-order chi connectivity index (χ0) is 19.1. The van der Waals surface area contributed by atoms with Crippen molar-refractivity contribution in [1.82, 2.24) is 0 Å². The quantitative estimate of drug-likeness (QED) is 0.271. The van der Waals surface area contributed by atoms with Gasteiger partial charge in [-0.3, -0.25) is 4.79 Å². The number of rotatable bonds is 2. The van der Waals surface area contributed by atoms with Crippen molar-refractivity contribution >= 4 is 32.7 Å². The van der Waals surface area contributed by atoms with E-state index in [-0.39, 0.29) is 5.97 Å². The molecule has 4 aromatic carbocycles. The van der Waals surface area contributed by atoms with Crippen molar-refractivity contribution in [3.05, 3.63) is 101 Å². The molecule has 0 spiro atoms. The van der Waals surface area contributed by atoms with Gasteiger partial charge in [0.05, 0.1) is 0 Å². The molecule has 0 aromatic heterocycles. The van der Waals surface area contributed by atoms with Crippen LogP contribution in [0.1, 0.15) is 17.0 Å². The third-order valence-corrected chi connectivity index (χ3v) is 5.40. The highest BCUT2D eigenvalue weighted by molar-refractivity contribution is 9.10. The highest BCUT2D eigenvalue weighted by Crippen LogP contribution is 2.44. The topological polar surface area (TPSA) is 35.5 Å². The summed E-state index contributed by atoms with van der Waals surface area (Å²) in [5, 5.41) is 2.09. The molecule has 0 fully saturated rings. The van der Waals surface area contributed by atoms with Crippen molar-refractivity contribution < 1.29 is 14.3 Å². The molecule has 0 aliphatic carbocycles. The van der Waals surface area contributed by atoms with Crippen LogP contribution in [0.25, 0.3) is 10.8 Å². The van der Waals surface area contributed by atoms with Gasteiger partial charge in [-0.05, 0) is 47.2 Å². The number of para-hydroxylation sites is 2. The van der Waals surface area contributed by atoms with Gasteiger partial charge in [0.15, 0.2) is 0 Å². The Balaban J connectivity index is 1.53. The summed E-state index contributed by atoms with van der Waals surface area (Å²) in [5.41, 5.74) is 1.63. The number of hydrogen-bond donors (Lipinski definition) is 0. The fraction of sp³-hybridized carbons (Fsp3) is 0.0417. The van der Waals surface area contributed by atoms with Crippen LogP contribution < -0.4 is 9.47 Å². The highest BCUT2D eigenvalue weighted by Gasteiger charge is 2.33. The van der Waals surface area contributed by atoms with Crippen molar-refractivity contribution in [3.8, 4) is 17.2 Å². The lowest BCUT2D eigenvalue weighted by molar-refractivity contribution is -0.135. The number of ether oxygens (including phenoxy) is 2. The minimum Gasteiger partial charge on any atom is -0.457 e. The van der Waals surface area contributed by atoms with Crippen LogP contribution >= 0.6 is 15.9 Å². The van der Waals surface area contributed by atoms with E-state index in [1.807, 2.05) is 84.9 Å². The van der Waals surface area contributed by atoms with Crippen LogP contribution in [0.5, 0.6) is 17.2 Å². The monoisotopic (exact) mass is 430 g/mol. The summed E-state index contributed by atoms with van der Waals surface area (Å²) in [6.45, 7) is 0. The molecule has 0 saturated carbocycles. The van der Waals surface area contributed by atoms with Crippen molar-refractivity contribution in [1.29, 1.82) is 0 Å². The Morgan fingerprint density at radius 1 is 0.786 bits per heavy atom. The molecule has 0 amide bonds. The number of hydrogen-bond acceptors (Lipinski definition) is 3. The molecule has 5 rings (SSSR count). The first-order valence-corrected chi connectivity index (χ1v) is 9.75. The molecule has 0 saturated heterocycles. The Hall–Kier alpha value is -3.11. The summed E-state index contributed by atoms with van der Waals surface area (Å²) >= 11 is 3.48. The second kappa shape index (κ2) is 6.80. The van der Waals surface area contributed by atoms with Crippen molar-refractivity contribution in [2.24, 2.45) is 0 Å². The van der Waals surface area contributed by atoms with Gasteiger partial charge in [-0.15, -0.1) is 0 Å². The number of carbonyl (C=O) groups excluding carboxylic acids is 1. The predicted molar refractivity (Wildman–Crippen MR) is 112 cm³/mol. The molecule has 4 aromatic rings. The SMILES string of the molecule is O=C(Oc1ccc2cc(Br)ccc2c1)C1c2ccccc2Oc2ccccc21. The van der Waals surface area contributed by atoms with Crippen LogP contribution in [-0.2, 0) is 4.79 Å². The van der Waals surface area contributed by atoms with Crippen molar-refractivity contribution in [2.45, 2.75) is 5.92 Å². The van der Waals surface area contributed by atoms with E-state index in [0.717, 1.165) is 26.4 Å². The molecule has 3 nitrogen and oxygen atoms in total. The van der Waals surface area contributed by atoms with Gasteiger partial charge < -0.3 is 9.47 Å². The molecular formula is C24H15BrO3. The Bertz CT molecular complexity index is 1170. The van der Waals surface area contributed by atoms with Crippen molar-refractivity contribution in [3.63, 3.8) is 0 Å². The van der Waals surface area contributed by atoms with E-state index in [0.29, 0.717) is 17.2 Å². The average molecular weight is 431 g/mol. The summed E-state index contributed by atoms with van der Waals surface area (Å²) in [7, 11) is 0. The third kappa shape index (κ3) is 2.96. The molecule has 1 aliphatic heterocycles. The predicted octanol–water partition coefficient (Wildman–Crippen LogP) is 6.45. The molecule has 0 bridgehead atoms. The molecule has 4 heteroatoms. The Labute approximate surface area is 170 Å².